The Hall–Kier alpha value is -0.200. The van der Waals surface area contributed by atoms with Gasteiger partial charge in [-0.15, -0.1) is 0 Å². The van der Waals surface area contributed by atoms with E-state index in [9.17, 15) is 15.3 Å². The molecule has 5 heteroatoms. The largest absolute Gasteiger partial charge is 0.390 e. The first-order valence-corrected chi connectivity index (χ1v) is 13.5. The first-order chi connectivity index (χ1) is 15.1. The maximum absolute atomic E-state index is 11.0. The molecule has 6 fully saturated rings. The summed E-state index contributed by atoms with van der Waals surface area (Å²) in [5.41, 5.74) is 0.379. The quantitative estimate of drug-likeness (QED) is 0.526. The van der Waals surface area contributed by atoms with Crippen LogP contribution in [0.3, 0.4) is 0 Å². The first kappa shape index (κ1) is 22.3. The Kier molecular flexibility index (Phi) is 4.99. The fourth-order valence-corrected chi connectivity index (χ4v) is 10.4. The molecule has 182 valence electrons. The van der Waals surface area contributed by atoms with Crippen LogP contribution < -0.4 is 0 Å². The van der Waals surface area contributed by atoms with Gasteiger partial charge in [-0.2, -0.15) is 0 Å². The summed E-state index contributed by atoms with van der Waals surface area (Å²) in [7, 11) is 0. The average molecular weight is 449 g/mol. The summed E-state index contributed by atoms with van der Waals surface area (Å²) in [5.74, 6) is 2.75. The van der Waals surface area contributed by atoms with Crippen molar-refractivity contribution in [2.24, 2.45) is 52.3 Å². The van der Waals surface area contributed by atoms with Gasteiger partial charge in [0.05, 0.1) is 24.9 Å². The summed E-state index contributed by atoms with van der Waals surface area (Å²) in [6.07, 6.45) is 6.78. The Morgan fingerprint density at radius 1 is 0.844 bits per heavy atom. The van der Waals surface area contributed by atoms with Gasteiger partial charge in [-0.1, -0.05) is 27.7 Å². The molecule has 32 heavy (non-hydrogen) atoms. The van der Waals surface area contributed by atoms with E-state index in [1.807, 2.05) is 0 Å². The van der Waals surface area contributed by atoms with Crippen LogP contribution in [0.15, 0.2) is 0 Å². The normalized spacial score (nSPS) is 64.0. The zero-order chi connectivity index (χ0) is 22.6. The van der Waals surface area contributed by atoms with Gasteiger partial charge in [0.15, 0.2) is 5.79 Å². The Morgan fingerprint density at radius 3 is 2.38 bits per heavy atom. The Bertz CT molecular complexity index is 758. The fourth-order valence-electron chi connectivity index (χ4n) is 10.4. The monoisotopic (exact) mass is 448 g/mol. The molecule has 5 nitrogen and oxygen atoms in total. The molecule has 0 amide bonds. The maximum atomic E-state index is 11.0. The molecular formula is C27H44O5. The second kappa shape index (κ2) is 7.16. The van der Waals surface area contributed by atoms with Gasteiger partial charge in [-0.25, -0.2) is 0 Å². The predicted octanol–water partition coefficient (Wildman–Crippen LogP) is 3.74. The summed E-state index contributed by atoms with van der Waals surface area (Å²) in [4.78, 5) is 0. The number of rotatable bonds is 0. The van der Waals surface area contributed by atoms with E-state index in [1.54, 1.807) is 0 Å². The number of aliphatic hydroxyl groups excluding tert-OH is 3. The van der Waals surface area contributed by atoms with E-state index in [0.717, 1.165) is 25.7 Å². The van der Waals surface area contributed by atoms with E-state index in [0.29, 0.717) is 42.1 Å². The number of hydrogen-bond donors (Lipinski definition) is 3. The van der Waals surface area contributed by atoms with E-state index in [1.165, 1.54) is 25.7 Å². The van der Waals surface area contributed by atoms with Crippen LogP contribution in [0.25, 0.3) is 0 Å². The standard InChI is InChI=1S/C27H44O5/c1-14-9-23(30)27(31-13-14)15(2)24-22(32-27)11-19-17-6-5-16-10-20(28)21(29)12-26(16,4)18(17)7-8-25(19,24)3/h14-24,28-30H,5-13H2,1-4H3/t14-,15+,16+,17-,18+,19+,20-,21-,22+,23-,24+,25+,26+,27+/m1/s1. The zero-order valence-corrected chi connectivity index (χ0v) is 20.4. The van der Waals surface area contributed by atoms with Crippen molar-refractivity contribution < 1.29 is 24.8 Å². The van der Waals surface area contributed by atoms with Gasteiger partial charge in [0.1, 0.15) is 6.10 Å². The van der Waals surface area contributed by atoms with E-state index >= 15 is 0 Å². The van der Waals surface area contributed by atoms with Gasteiger partial charge in [-0.3, -0.25) is 0 Å². The van der Waals surface area contributed by atoms with Crippen molar-refractivity contribution in [2.45, 2.75) is 109 Å². The zero-order valence-electron chi connectivity index (χ0n) is 20.4. The Balaban J connectivity index is 1.27. The van der Waals surface area contributed by atoms with E-state index in [4.69, 9.17) is 9.47 Å². The van der Waals surface area contributed by atoms with Crippen molar-refractivity contribution in [3.8, 4) is 0 Å². The van der Waals surface area contributed by atoms with Gasteiger partial charge in [0, 0.05) is 5.92 Å². The lowest BCUT2D eigenvalue weighted by Crippen LogP contribution is -2.58. The molecule has 0 aromatic carbocycles. The lowest BCUT2D eigenvalue weighted by Gasteiger charge is -2.61. The van der Waals surface area contributed by atoms with Crippen LogP contribution in [0.5, 0.6) is 0 Å². The van der Waals surface area contributed by atoms with Gasteiger partial charge in [-0.05, 0) is 97.7 Å². The van der Waals surface area contributed by atoms with Gasteiger partial charge >= 0.3 is 0 Å². The molecule has 3 N–H and O–H groups in total. The minimum Gasteiger partial charge on any atom is -0.390 e. The van der Waals surface area contributed by atoms with Crippen LogP contribution in [-0.2, 0) is 9.47 Å². The third-order valence-electron chi connectivity index (χ3n) is 12.0. The topological polar surface area (TPSA) is 79.2 Å². The molecule has 1 spiro atoms. The van der Waals surface area contributed by atoms with Crippen LogP contribution in [-0.4, -0.2) is 52.1 Å². The highest BCUT2D eigenvalue weighted by Gasteiger charge is 2.70. The highest BCUT2D eigenvalue weighted by Crippen LogP contribution is 2.71. The average Bonchev–Trinajstić information content (AvgIpc) is 3.18. The van der Waals surface area contributed by atoms with Gasteiger partial charge in [0.25, 0.3) is 0 Å². The molecule has 4 saturated carbocycles. The Labute approximate surface area is 193 Å². The van der Waals surface area contributed by atoms with Crippen LogP contribution in [0.2, 0.25) is 0 Å². The van der Waals surface area contributed by atoms with Crippen molar-refractivity contribution in [1.29, 1.82) is 0 Å². The van der Waals surface area contributed by atoms with Crippen molar-refractivity contribution >= 4 is 0 Å². The van der Waals surface area contributed by atoms with Crippen LogP contribution in [0, 0.1) is 52.3 Å². The third kappa shape index (κ3) is 2.75. The number of fused-ring (bicyclic) bond motifs is 7. The lowest BCUT2D eigenvalue weighted by molar-refractivity contribution is -0.316. The van der Waals surface area contributed by atoms with E-state index in [-0.39, 0.29) is 22.9 Å². The van der Waals surface area contributed by atoms with Crippen molar-refractivity contribution in [1.82, 2.24) is 0 Å². The number of aliphatic hydroxyl groups is 3. The van der Waals surface area contributed by atoms with E-state index in [2.05, 4.69) is 27.7 Å². The molecular weight excluding hydrogens is 404 g/mol. The molecule has 14 atom stereocenters. The smallest absolute Gasteiger partial charge is 0.197 e. The van der Waals surface area contributed by atoms with Crippen LogP contribution in [0.4, 0.5) is 0 Å². The second-order valence-corrected chi connectivity index (χ2v) is 13.4. The molecule has 2 aliphatic heterocycles. The lowest BCUT2D eigenvalue weighted by atomic mass is 9.44. The fraction of sp³-hybridized carbons (Fsp3) is 1.00. The molecule has 0 aromatic heterocycles. The van der Waals surface area contributed by atoms with Gasteiger partial charge < -0.3 is 24.8 Å². The summed E-state index contributed by atoms with van der Waals surface area (Å²) < 4.78 is 13.1. The first-order valence-electron chi connectivity index (χ1n) is 13.5. The molecule has 2 heterocycles. The molecule has 0 radical (unpaired) electrons. The summed E-state index contributed by atoms with van der Waals surface area (Å²) in [6, 6.07) is 0. The SMILES string of the molecule is C[C@H]1CO[C@@]2(O[C@H]3C[C@H]4[C@@H]5CC[C@H]6C[C@@H](O)[C@H](O)C[C@]6(C)[C@H]5CC[C@]4(C)[C@H]3[C@@H]2C)[C@H](O)C1. The highest BCUT2D eigenvalue weighted by atomic mass is 16.7. The molecule has 4 aliphatic carbocycles. The Morgan fingerprint density at radius 2 is 1.62 bits per heavy atom. The van der Waals surface area contributed by atoms with Crippen molar-refractivity contribution in [3.05, 3.63) is 0 Å². The molecule has 2 saturated heterocycles. The number of ether oxygens (including phenoxy) is 2. The minimum absolute atomic E-state index is 0.146. The molecule has 0 unspecified atom stereocenters. The third-order valence-corrected chi connectivity index (χ3v) is 12.0. The van der Waals surface area contributed by atoms with Gasteiger partial charge in [0.2, 0.25) is 0 Å². The van der Waals surface area contributed by atoms with E-state index < -0.39 is 24.1 Å². The van der Waals surface area contributed by atoms with Crippen molar-refractivity contribution in [3.63, 3.8) is 0 Å². The minimum atomic E-state index is -0.806. The molecule has 0 aromatic rings. The van der Waals surface area contributed by atoms with Crippen LogP contribution >= 0.6 is 0 Å². The number of hydrogen-bond acceptors (Lipinski definition) is 5. The summed E-state index contributed by atoms with van der Waals surface area (Å²) >= 11 is 0. The van der Waals surface area contributed by atoms with Crippen molar-refractivity contribution in [2.75, 3.05) is 6.61 Å². The van der Waals surface area contributed by atoms with Crippen LogP contribution in [0.1, 0.15) is 79.1 Å². The molecule has 6 aliphatic rings. The second-order valence-electron chi connectivity index (χ2n) is 13.4. The molecule has 6 rings (SSSR count). The summed E-state index contributed by atoms with van der Waals surface area (Å²) in [5, 5.41) is 31.9. The maximum Gasteiger partial charge on any atom is 0.197 e. The highest BCUT2D eigenvalue weighted by molar-refractivity contribution is 5.16. The predicted molar refractivity (Wildman–Crippen MR) is 121 cm³/mol. The molecule has 0 bridgehead atoms. The summed E-state index contributed by atoms with van der Waals surface area (Å²) in [6.45, 7) is 10.0.